The molecular formula is C28H27F3N4O5. The van der Waals surface area contributed by atoms with Crippen LogP contribution in [0.15, 0.2) is 40.9 Å². The van der Waals surface area contributed by atoms with Gasteiger partial charge in [0, 0.05) is 24.2 Å². The van der Waals surface area contributed by atoms with Crippen molar-refractivity contribution < 1.29 is 36.8 Å². The Morgan fingerprint density at radius 2 is 1.70 bits per heavy atom. The first-order chi connectivity index (χ1) is 18.8. The summed E-state index contributed by atoms with van der Waals surface area (Å²) in [7, 11) is 0. The molecule has 0 spiro atoms. The predicted molar refractivity (Wildman–Crippen MR) is 136 cm³/mol. The molecule has 210 valence electrons. The standard InChI is InChI=1S/C28H27F3N4O5/c1-16(2)38-22-8-7-20(14-21(22)15-32)24-33-23(34-40-24)19-6-5-17-9-11-35(12-10-18(17)13-19)27(3,4)25(36)39-26(37)28(29,30)31/h5-8,13-14,16H,9-12H2,1-4H3. The fourth-order valence-electron chi connectivity index (χ4n) is 4.38. The van der Waals surface area contributed by atoms with Gasteiger partial charge in [-0.1, -0.05) is 17.3 Å². The zero-order chi connectivity index (χ0) is 29.2. The Bertz CT molecular complexity index is 1470. The van der Waals surface area contributed by atoms with Gasteiger partial charge < -0.3 is 14.0 Å². The lowest BCUT2D eigenvalue weighted by molar-refractivity contribution is -0.205. The van der Waals surface area contributed by atoms with Gasteiger partial charge in [0.2, 0.25) is 5.82 Å². The second kappa shape index (κ2) is 11.1. The molecule has 9 nitrogen and oxygen atoms in total. The van der Waals surface area contributed by atoms with E-state index in [-0.39, 0.29) is 12.0 Å². The first kappa shape index (κ1) is 28.8. The molecule has 40 heavy (non-hydrogen) atoms. The van der Waals surface area contributed by atoms with E-state index in [1.54, 1.807) is 23.1 Å². The quantitative estimate of drug-likeness (QED) is 0.309. The number of halogens is 3. The van der Waals surface area contributed by atoms with Crippen LogP contribution in [-0.4, -0.2) is 57.9 Å². The number of aromatic nitrogens is 2. The van der Waals surface area contributed by atoms with Crippen molar-refractivity contribution in [3.05, 3.63) is 53.1 Å². The number of hydrogen-bond donors (Lipinski definition) is 0. The topological polar surface area (TPSA) is 119 Å². The normalized spacial score (nSPS) is 14.3. The van der Waals surface area contributed by atoms with E-state index in [0.29, 0.717) is 54.2 Å². The molecule has 12 heteroatoms. The van der Waals surface area contributed by atoms with E-state index in [9.17, 15) is 28.0 Å². The smallest absolute Gasteiger partial charge is 0.490 e. The number of alkyl halides is 3. The zero-order valence-electron chi connectivity index (χ0n) is 22.3. The first-order valence-corrected chi connectivity index (χ1v) is 12.5. The molecule has 0 amide bonds. The van der Waals surface area contributed by atoms with Crippen LogP contribution in [0.2, 0.25) is 0 Å². The summed E-state index contributed by atoms with van der Waals surface area (Å²) in [4.78, 5) is 29.8. The Morgan fingerprint density at radius 3 is 2.35 bits per heavy atom. The van der Waals surface area contributed by atoms with E-state index < -0.39 is 23.7 Å². The average Bonchev–Trinajstić information content (AvgIpc) is 3.28. The summed E-state index contributed by atoms with van der Waals surface area (Å²) in [5.74, 6) is -2.75. The van der Waals surface area contributed by atoms with Crippen molar-refractivity contribution in [2.75, 3.05) is 13.1 Å². The van der Waals surface area contributed by atoms with Gasteiger partial charge in [0.15, 0.2) is 0 Å². The van der Waals surface area contributed by atoms with Crippen LogP contribution in [0.25, 0.3) is 22.8 Å². The zero-order valence-corrected chi connectivity index (χ0v) is 22.3. The van der Waals surface area contributed by atoms with Crippen LogP contribution >= 0.6 is 0 Å². The molecule has 0 saturated carbocycles. The van der Waals surface area contributed by atoms with Gasteiger partial charge >= 0.3 is 18.1 Å². The number of benzene rings is 2. The van der Waals surface area contributed by atoms with Gasteiger partial charge in [-0.25, -0.2) is 9.59 Å². The Labute approximate surface area is 228 Å². The molecule has 2 heterocycles. The number of hydrogen-bond acceptors (Lipinski definition) is 9. The van der Waals surface area contributed by atoms with Crippen LogP contribution in [0.1, 0.15) is 44.4 Å². The maximum Gasteiger partial charge on any atom is 0.491 e. The van der Waals surface area contributed by atoms with Gasteiger partial charge in [-0.3, -0.25) is 4.90 Å². The number of carbonyl (C=O) groups excluding carboxylic acids is 2. The summed E-state index contributed by atoms with van der Waals surface area (Å²) in [6.07, 6.45) is -4.33. The summed E-state index contributed by atoms with van der Waals surface area (Å²) >= 11 is 0. The molecule has 1 aromatic heterocycles. The number of nitriles is 1. The lowest BCUT2D eigenvalue weighted by Gasteiger charge is -2.35. The molecule has 0 fully saturated rings. The minimum atomic E-state index is -5.25. The maximum atomic E-state index is 12.6. The third-order valence-corrected chi connectivity index (χ3v) is 6.61. The summed E-state index contributed by atoms with van der Waals surface area (Å²) in [6.45, 7) is 7.32. The highest BCUT2D eigenvalue weighted by Gasteiger charge is 2.46. The third-order valence-electron chi connectivity index (χ3n) is 6.61. The molecule has 0 N–H and O–H groups in total. The van der Waals surface area contributed by atoms with Crippen LogP contribution < -0.4 is 4.74 Å². The van der Waals surface area contributed by atoms with Crippen molar-refractivity contribution in [2.45, 2.75) is 58.4 Å². The van der Waals surface area contributed by atoms with Gasteiger partial charge in [-0.15, -0.1) is 0 Å². The molecule has 0 unspecified atom stereocenters. The van der Waals surface area contributed by atoms with Crippen molar-refractivity contribution in [3.8, 4) is 34.7 Å². The average molecular weight is 557 g/mol. The monoisotopic (exact) mass is 556 g/mol. The summed E-state index contributed by atoms with van der Waals surface area (Å²) in [6, 6.07) is 12.8. The van der Waals surface area contributed by atoms with Crippen molar-refractivity contribution in [1.82, 2.24) is 15.0 Å². The van der Waals surface area contributed by atoms with Crippen LogP contribution in [0.5, 0.6) is 5.75 Å². The van der Waals surface area contributed by atoms with Gasteiger partial charge in [-0.2, -0.15) is 23.4 Å². The maximum absolute atomic E-state index is 12.6. The largest absolute Gasteiger partial charge is 0.491 e. The number of rotatable bonds is 6. The Morgan fingerprint density at radius 1 is 1.02 bits per heavy atom. The molecule has 2 aromatic carbocycles. The van der Waals surface area contributed by atoms with E-state index in [0.717, 1.165) is 11.1 Å². The van der Waals surface area contributed by atoms with Crippen LogP contribution in [0.4, 0.5) is 13.2 Å². The van der Waals surface area contributed by atoms with Crippen LogP contribution in [-0.2, 0) is 27.2 Å². The second-order valence-corrected chi connectivity index (χ2v) is 10.1. The van der Waals surface area contributed by atoms with Gasteiger partial charge in [-0.05, 0) is 75.9 Å². The van der Waals surface area contributed by atoms with Crippen LogP contribution in [0, 0.1) is 11.3 Å². The molecule has 3 aromatic rings. The van der Waals surface area contributed by atoms with E-state index in [1.807, 2.05) is 32.0 Å². The minimum absolute atomic E-state index is 0.0910. The van der Waals surface area contributed by atoms with Gasteiger partial charge in [0.05, 0.1) is 11.7 Å². The minimum Gasteiger partial charge on any atom is -0.490 e. The SMILES string of the molecule is CC(C)Oc1ccc(-c2nc(-c3ccc4c(c3)CCN(C(C)(C)C(=O)OC(=O)C(F)(F)F)CC4)no2)cc1C#N. The number of carbonyl (C=O) groups is 2. The first-order valence-electron chi connectivity index (χ1n) is 12.5. The van der Waals surface area contributed by atoms with E-state index >= 15 is 0 Å². The lowest BCUT2D eigenvalue weighted by atomic mass is 10.00. The molecular weight excluding hydrogens is 529 g/mol. The van der Waals surface area contributed by atoms with E-state index in [2.05, 4.69) is 20.9 Å². The molecule has 4 rings (SSSR count). The number of fused-ring (bicyclic) bond motifs is 1. The number of nitrogens with zero attached hydrogens (tertiary/aromatic N) is 4. The molecule has 0 bridgehead atoms. The molecule has 0 aliphatic carbocycles. The number of esters is 2. The summed E-state index contributed by atoms with van der Waals surface area (Å²) in [5.41, 5.74) is 2.11. The Hall–Kier alpha value is -4.24. The summed E-state index contributed by atoms with van der Waals surface area (Å²) < 4.78 is 53.0. The lowest BCUT2D eigenvalue weighted by Crippen LogP contribution is -2.53. The van der Waals surface area contributed by atoms with Gasteiger partial charge in [0.1, 0.15) is 17.4 Å². The van der Waals surface area contributed by atoms with Crippen molar-refractivity contribution in [2.24, 2.45) is 0 Å². The Balaban J connectivity index is 1.50. The predicted octanol–water partition coefficient (Wildman–Crippen LogP) is 4.87. The molecule has 0 radical (unpaired) electrons. The fraction of sp³-hybridized carbons (Fsp3) is 0.393. The second-order valence-electron chi connectivity index (χ2n) is 10.1. The highest BCUT2D eigenvalue weighted by molar-refractivity contribution is 5.92. The van der Waals surface area contributed by atoms with Crippen LogP contribution in [0.3, 0.4) is 0 Å². The van der Waals surface area contributed by atoms with E-state index in [1.165, 1.54) is 13.8 Å². The van der Waals surface area contributed by atoms with Gasteiger partial charge in [0.25, 0.3) is 5.89 Å². The highest BCUT2D eigenvalue weighted by Crippen LogP contribution is 2.30. The molecule has 1 aliphatic rings. The highest BCUT2D eigenvalue weighted by atomic mass is 19.4. The number of ether oxygens (including phenoxy) is 2. The van der Waals surface area contributed by atoms with Crippen molar-refractivity contribution >= 4 is 11.9 Å². The van der Waals surface area contributed by atoms with Crippen molar-refractivity contribution in [1.29, 1.82) is 5.26 Å². The summed E-state index contributed by atoms with van der Waals surface area (Å²) in [5, 5.41) is 13.6. The fourth-order valence-corrected chi connectivity index (χ4v) is 4.38. The third kappa shape index (κ3) is 6.15. The molecule has 0 saturated heterocycles. The van der Waals surface area contributed by atoms with E-state index in [4.69, 9.17) is 9.26 Å². The Kier molecular flexibility index (Phi) is 7.98. The molecule has 0 atom stereocenters. The van der Waals surface area contributed by atoms with Crippen molar-refractivity contribution in [3.63, 3.8) is 0 Å². The molecule has 1 aliphatic heterocycles.